The second-order valence-corrected chi connectivity index (χ2v) is 6.85. The van der Waals surface area contributed by atoms with E-state index in [0.29, 0.717) is 5.75 Å². The van der Waals surface area contributed by atoms with Crippen LogP contribution in [0.15, 0.2) is 29.2 Å². The first-order chi connectivity index (χ1) is 8.97. The topological polar surface area (TPSA) is 63.7 Å². The summed E-state index contributed by atoms with van der Waals surface area (Å²) in [6.45, 7) is 1.53. The molecule has 0 spiro atoms. The average Bonchev–Trinajstić information content (AvgIpc) is 2.89. The summed E-state index contributed by atoms with van der Waals surface area (Å²) >= 11 is 0. The van der Waals surface area contributed by atoms with Crippen LogP contribution in [0.4, 0.5) is 0 Å². The van der Waals surface area contributed by atoms with Crippen molar-refractivity contribution < 1.29 is 17.9 Å². The monoisotopic (exact) mass is 303 g/mol. The predicted molar refractivity (Wildman–Crippen MR) is 70.8 cm³/mol. The molecule has 1 aromatic carbocycles. The highest BCUT2D eigenvalue weighted by Gasteiger charge is 2.18. The molecule has 7 heteroatoms. The Kier molecular flexibility index (Phi) is 4.31. The smallest absolute Gasteiger partial charge is 0.261 e. The first-order valence-corrected chi connectivity index (χ1v) is 8.23. The Morgan fingerprint density at radius 2 is 1.79 bits per heavy atom. The highest BCUT2D eigenvalue weighted by atomic mass is 35.7. The number of likely N-dealkylation sites (tertiary alicyclic amines) is 1. The zero-order chi connectivity index (χ0) is 13.9. The van der Waals surface area contributed by atoms with Crippen molar-refractivity contribution in [1.29, 1.82) is 0 Å². The second kappa shape index (κ2) is 5.79. The fourth-order valence-electron chi connectivity index (χ4n) is 1.90. The quantitative estimate of drug-likeness (QED) is 0.793. The molecule has 1 aliphatic heterocycles. The molecule has 0 unspecified atom stereocenters. The van der Waals surface area contributed by atoms with Crippen molar-refractivity contribution in [3.8, 4) is 5.75 Å². The van der Waals surface area contributed by atoms with Crippen LogP contribution in [0.2, 0.25) is 0 Å². The molecule has 0 saturated carbocycles. The molecule has 0 aliphatic carbocycles. The maximum atomic E-state index is 11.7. The Morgan fingerprint density at radius 3 is 2.32 bits per heavy atom. The van der Waals surface area contributed by atoms with E-state index in [9.17, 15) is 13.2 Å². The number of carbonyl (C=O) groups is 1. The van der Waals surface area contributed by atoms with Gasteiger partial charge < -0.3 is 9.64 Å². The van der Waals surface area contributed by atoms with Crippen LogP contribution in [0, 0.1) is 0 Å². The Hall–Kier alpha value is -1.27. The first kappa shape index (κ1) is 14.1. The Labute approximate surface area is 116 Å². The molecule has 19 heavy (non-hydrogen) atoms. The standard InChI is InChI=1S/C12H14ClNO4S/c13-19(16,17)11-5-3-10(4-6-11)18-9-12(15)14-7-1-2-8-14/h3-6H,1-2,7-9H2. The van der Waals surface area contributed by atoms with E-state index in [1.54, 1.807) is 4.90 Å². The third kappa shape index (κ3) is 3.84. The van der Waals surface area contributed by atoms with Crippen LogP contribution in [0.25, 0.3) is 0 Å². The highest BCUT2D eigenvalue weighted by molar-refractivity contribution is 8.13. The number of hydrogen-bond acceptors (Lipinski definition) is 4. The molecule has 1 amide bonds. The lowest BCUT2D eigenvalue weighted by Gasteiger charge is -2.15. The molecular formula is C12H14ClNO4S. The van der Waals surface area contributed by atoms with Crippen molar-refractivity contribution in [3.05, 3.63) is 24.3 Å². The van der Waals surface area contributed by atoms with Gasteiger partial charge in [0.05, 0.1) is 4.90 Å². The summed E-state index contributed by atoms with van der Waals surface area (Å²) in [5, 5.41) is 0. The van der Waals surface area contributed by atoms with Gasteiger partial charge in [-0.25, -0.2) is 8.42 Å². The van der Waals surface area contributed by atoms with Gasteiger partial charge in [0.1, 0.15) is 5.75 Å². The van der Waals surface area contributed by atoms with Crippen molar-refractivity contribution in [2.45, 2.75) is 17.7 Å². The van der Waals surface area contributed by atoms with E-state index >= 15 is 0 Å². The minimum atomic E-state index is -3.72. The van der Waals surface area contributed by atoms with Crippen molar-refractivity contribution >= 4 is 25.6 Å². The molecule has 1 saturated heterocycles. The van der Waals surface area contributed by atoms with E-state index in [-0.39, 0.29) is 17.4 Å². The Morgan fingerprint density at radius 1 is 1.21 bits per heavy atom. The summed E-state index contributed by atoms with van der Waals surface area (Å²) in [4.78, 5) is 13.5. The molecule has 1 aromatic rings. The molecule has 1 aliphatic rings. The molecule has 104 valence electrons. The van der Waals surface area contributed by atoms with Crippen LogP contribution in [-0.2, 0) is 13.8 Å². The molecule has 1 fully saturated rings. The zero-order valence-corrected chi connectivity index (χ0v) is 11.8. The van der Waals surface area contributed by atoms with Gasteiger partial charge in [-0.3, -0.25) is 4.79 Å². The van der Waals surface area contributed by atoms with Crippen LogP contribution in [0.3, 0.4) is 0 Å². The van der Waals surface area contributed by atoms with Crippen molar-refractivity contribution in [1.82, 2.24) is 4.90 Å². The fraction of sp³-hybridized carbons (Fsp3) is 0.417. The van der Waals surface area contributed by atoms with Crippen molar-refractivity contribution in [2.75, 3.05) is 19.7 Å². The highest BCUT2D eigenvalue weighted by Crippen LogP contribution is 2.19. The summed E-state index contributed by atoms with van der Waals surface area (Å²) in [5.74, 6) is 0.392. The van der Waals surface area contributed by atoms with Gasteiger partial charge >= 0.3 is 0 Å². The third-order valence-corrected chi connectivity index (χ3v) is 4.30. The molecule has 0 bridgehead atoms. The van der Waals surface area contributed by atoms with Crippen LogP contribution in [0.5, 0.6) is 5.75 Å². The van der Waals surface area contributed by atoms with E-state index in [1.165, 1.54) is 24.3 Å². The lowest BCUT2D eigenvalue weighted by atomic mass is 10.3. The minimum Gasteiger partial charge on any atom is -0.484 e. The number of nitrogens with zero attached hydrogens (tertiary/aromatic N) is 1. The summed E-state index contributed by atoms with van der Waals surface area (Å²) in [5.41, 5.74) is 0. The van der Waals surface area contributed by atoms with Gasteiger partial charge in [-0.1, -0.05) is 0 Å². The zero-order valence-electron chi connectivity index (χ0n) is 10.2. The van der Waals surface area contributed by atoms with Crippen molar-refractivity contribution in [3.63, 3.8) is 0 Å². The Bertz CT molecular complexity index is 550. The van der Waals surface area contributed by atoms with Gasteiger partial charge in [-0.2, -0.15) is 0 Å². The summed E-state index contributed by atoms with van der Waals surface area (Å²) in [6.07, 6.45) is 2.07. The Balaban J connectivity index is 1.91. The predicted octanol–water partition coefficient (Wildman–Crippen LogP) is 1.62. The second-order valence-electron chi connectivity index (χ2n) is 4.29. The minimum absolute atomic E-state index is 0.00684. The lowest BCUT2D eigenvalue weighted by molar-refractivity contribution is -0.132. The van der Waals surface area contributed by atoms with Gasteiger partial charge in [-0.05, 0) is 37.1 Å². The maximum Gasteiger partial charge on any atom is 0.261 e. The van der Waals surface area contributed by atoms with E-state index in [1.807, 2.05) is 0 Å². The van der Waals surface area contributed by atoms with E-state index in [0.717, 1.165) is 25.9 Å². The number of ether oxygens (including phenoxy) is 1. The van der Waals surface area contributed by atoms with Gasteiger partial charge in [0.25, 0.3) is 15.0 Å². The van der Waals surface area contributed by atoms with Crippen LogP contribution in [0.1, 0.15) is 12.8 Å². The van der Waals surface area contributed by atoms with E-state index in [4.69, 9.17) is 15.4 Å². The maximum absolute atomic E-state index is 11.7. The number of hydrogen-bond donors (Lipinski definition) is 0. The summed E-state index contributed by atoms with van der Waals surface area (Å²) < 4.78 is 27.4. The van der Waals surface area contributed by atoms with Crippen LogP contribution >= 0.6 is 10.7 Å². The van der Waals surface area contributed by atoms with E-state index < -0.39 is 9.05 Å². The molecule has 0 N–H and O–H groups in total. The van der Waals surface area contributed by atoms with Gasteiger partial charge in [0.2, 0.25) is 0 Å². The number of carbonyl (C=O) groups excluding carboxylic acids is 1. The number of benzene rings is 1. The first-order valence-electron chi connectivity index (χ1n) is 5.92. The van der Waals surface area contributed by atoms with Crippen LogP contribution < -0.4 is 4.74 Å². The fourth-order valence-corrected chi connectivity index (χ4v) is 2.67. The van der Waals surface area contributed by atoms with Crippen LogP contribution in [-0.4, -0.2) is 38.9 Å². The molecule has 0 aromatic heterocycles. The van der Waals surface area contributed by atoms with Crippen molar-refractivity contribution in [2.24, 2.45) is 0 Å². The SMILES string of the molecule is O=C(COc1ccc(S(=O)(=O)Cl)cc1)N1CCCC1. The average molecular weight is 304 g/mol. The molecule has 0 atom stereocenters. The molecular weight excluding hydrogens is 290 g/mol. The lowest BCUT2D eigenvalue weighted by Crippen LogP contribution is -2.32. The normalized spacial score (nSPS) is 15.5. The summed E-state index contributed by atoms with van der Waals surface area (Å²) in [7, 11) is 1.47. The molecule has 0 radical (unpaired) electrons. The third-order valence-electron chi connectivity index (χ3n) is 2.93. The largest absolute Gasteiger partial charge is 0.484 e. The molecule has 1 heterocycles. The van der Waals surface area contributed by atoms with E-state index in [2.05, 4.69) is 0 Å². The molecule has 2 rings (SSSR count). The number of rotatable bonds is 4. The summed E-state index contributed by atoms with van der Waals surface area (Å²) in [6, 6.07) is 5.65. The van der Waals surface area contributed by atoms with Gasteiger partial charge in [-0.15, -0.1) is 0 Å². The molecule has 5 nitrogen and oxygen atoms in total. The van der Waals surface area contributed by atoms with Gasteiger partial charge in [0, 0.05) is 23.8 Å². The van der Waals surface area contributed by atoms with Gasteiger partial charge in [0.15, 0.2) is 6.61 Å². The number of halogens is 1. The number of amides is 1.